The molecule has 0 spiro atoms. The van der Waals surface area contributed by atoms with Gasteiger partial charge in [-0.15, -0.1) is 0 Å². The standard InChI is InChI=1S/C20H34N4O2/c1-4-24-18(14-16(21-24)13-15(2)3)20(26)23-11-9-22(10-12-23)17-7-5-6-8-19(17)25/h14-15,17,19,25H,4-13H2,1-3H3/t17-,19-/m1/s1. The fourth-order valence-corrected chi connectivity index (χ4v) is 4.34. The minimum absolute atomic E-state index is 0.0956. The molecule has 6 heteroatoms. The quantitative estimate of drug-likeness (QED) is 0.872. The van der Waals surface area contributed by atoms with Crippen LogP contribution in [0.15, 0.2) is 6.07 Å². The molecular weight excluding hydrogens is 328 g/mol. The highest BCUT2D eigenvalue weighted by molar-refractivity contribution is 5.92. The van der Waals surface area contributed by atoms with E-state index in [4.69, 9.17) is 0 Å². The number of rotatable bonds is 5. The van der Waals surface area contributed by atoms with Crippen LogP contribution in [0.4, 0.5) is 0 Å². The first-order chi connectivity index (χ1) is 12.5. The first kappa shape index (κ1) is 19.4. The zero-order valence-electron chi connectivity index (χ0n) is 16.5. The third kappa shape index (κ3) is 4.29. The highest BCUT2D eigenvalue weighted by Crippen LogP contribution is 2.24. The van der Waals surface area contributed by atoms with Gasteiger partial charge in [-0.25, -0.2) is 0 Å². The molecule has 0 radical (unpaired) electrons. The maximum absolute atomic E-state index is 13.0. The SMILES string of the molecule is CCn1nc(CC(C)C)cc1C(=O)N1CCN([C@@H]2CCCC[C@H]2O)CC1. The molecule has 6 nitrogen and oxygen atoms in total. The molecule has 0 bridgehead atoms. The van der Waals surface area contributed by atoms with Crippen LogP contribution in [0.5, 0.6) is 0 Å². The van der Waals surface area contributed by atoms with Gasteiger partial charge in [0.05, 0.1) is 11.8 Å². The molecule has 146 valence electrons. The van der Waals surface area contributed by atoms with Gasteiger partial charge in [-0.2, -0.15) is 5.10 Å². The average molecular weight is 363 g/mol. The number of aromatic nitrogens is 2. The number of aliphatic hydroxyl groups excluding tert-OH is 1. The van der Waals surface area contributed by atoms with Crippen molar-refractivity contribution in [3.05, 3.63) is 17.5 Å². The Kier molecular flexibility index (Phi) is 6.35. The molecule has 1 amide bonds. The molecule has 26 heavy (non-hydrogen) atoms. The smallest absolute Gasteiger partial charge is 0.272 e. The number of piperazine rings is 1. The highest BCUT2D eigenvalue weighted by Gasteiger charge is 2.32. The van der Waals surface area contributed by atoms with Gasteiger partial charge in [0.15, 0.2) is 0 Å². The normalized spacial score (nSPS) is 25.0. The summed E-state index contributed by atoms with van der Waals surface area (Å²) in [7, 11) is 0. The Morgan fingerprint density at radius 1 is 1.23 bits per heavy atom. The third-order valence-electron chi connectivity index (χ3n) is 5.73. The van der Waals surface area contributed by atoms with Gasteiger partial charge < -0.3 is 10.0 Å². The fraction of sp³-hybridized carbons (Fsp3) is 0.800. The third-order valence-corrected chi connectivity index (χ3v) is 5.73. The van der Waals surface area contributed by atoms with Crippen LogP contribution >= 0.6 is 0 Å². The van der Waals surface area contributed by atoms with Gasteiger partial charge in [0, 0.05) is 38.8 Å². The maximum atomic E-state index is 13.0. The molecule has 1 saturated heterocycles. The Morgan fingerprint density at radius 3 is 2.54 bits per heavy atom. The van der Waals surface area contributed by atoms with E-state index in [1.807, 2.05) is 22.6 Å². The lowest BCUT2D eigenvalue weighted by molar-refractivity contribution is -0.00193. The molecule has 3 rings (SSSR count). The van der Waals surface area contributed by atoms with Gasteiger partial charge in [-0.05, 0) is 38.2 Å². The first-order valence-corrected chi connectivity index (χ1v) is 10.3. The number of nitrogens with zero attached hydrogens (tertiary/aromatic N) is 4. The van der Waals surface area contributed by atoms with E-state index in [1.54, 1.807) is 0 Å². The van der Waals surface area contributed by atoms with Crippen molar-refractivity contribution < 1.29 is 9.90 Å². The van der Waals surface area contributed by atoms with Crippen molar-refractivity contribution in [2.75, 3.05) is 26.2 Å². The Balaban J connectivity index is 1.62. The largest absolute Gasteiger partial charge is 0.391 e. The number of amides is 1. The van der Waals surface area contributed by atoms with E-state index < -0.39 is 0 Å². The molecule has 2 atom stereocenters. The number of carbonyl (C=O) groups excluding carboxylic acids is 1. The van der Waals surface area contributed by atoms with Gasteiger partial charge in [-0.1, -0.05) is 26.7 Å². The second-order valence-electron chi connectivity index (χ2n) is 8.18. The Bertz CT molecular complexity index is 605. The van der Waals surface area contributed by atoms with Crippen LogP contribution in [0, 0.1) is 5.92 Å². The zero-order valence-corrected chi connectivity index (χ0v) is 16.5. The summed E-state index contributed by atoms with van der Waals surface area (Å²) in [6.07, 6.45) is 5.03. The minimum atomic E-state index is -0.203. The summed E-state index contributed by atoms with van der Waals surface area (Å²) >= 11 is 0. The van der Waals surface area contributed by atoms with Crippen LogP contribution in [-0.4, -0.2) is 68.9 Å². The topological polar surface area (TPSA) is 61.6 Å². The van der Waals surface area contributed by atoms with E-state index >= 15 is 0 Å². The molecule has 2 heterocycles. The number of carbonyl (C=O) groups is 1. The molecule has 1 aliphatic heterocycles. The molecule has 1 aromatic rings. The van der Waals surface area contributed by atoms with Crippen LogP contribution < -0.4 is 0 Å². The van der Waals surface area contributed by atoms with Crippen molar-refractivity contribution in [1.82, 2.24) is 19.6 Å². The van der Waals surface area contributed by atoms with Crippen molar-refractivity contribution in [3.63, 3.8) is 0 Å². The number of hydrogen-bond acceptors (Lipinski definition) is 4. The molecule has 1 aliphatic carbocycles. The molecule has 0 unspecified atom stereocenters. The summed E-state index contributed by atoms with van der Waals surface area (Å²) < 4.78 is 1.84. The van der Waals surface area contributed by atoms with Crippen molar-refractivity contribution >= 4 is 5.91 Å². The van der Waals surface area contributed by atoms with E-state index in [9.17, 15) is 9.90 Å². The predicted octanol–water partition coefficient (Wildman–Crippen LogP) is 2.16. The van der Waals surface area contributed by atoms with Gasteiger partial charge in [-0.3, -0.25) is 14.4 Å². The molecule has 2 aliphatic rings. The fourth-order valence-electron chi connectivity index (χ4n) is 4.34. The summed E-state index contributed by atoms with van der Waals surface area (Å²) in [5.41, 5.74) is 1.73. The summed E-state index contributed by atoms with van der Waals surface area (Å²) in [6, 6.07) is 2.25. The Hall–Kier alpha value is -1.40. The molecular formula is C20H34N4O2. The van der Waals surface area contributed by atoms with Crippen LogP contribution in [-0.2, 0) is 13.0 Å². The highest BCUT2D eigenvalue weighted by atomic mass is 16.3. The molecule has 2 fully saturated rings. The lowest BCUT2D eigenvalue weighted by atomic mass is 9.91. The van der Waals surface area contributed by atoms with Crippen LogP contribution in [0.1, 0.15) is 62.6 Å². The molecule has 1 N–H and O–H groups in total. The van der Waals surface area contributed by atoms with E-state index in [-0.39, 0.29) is 18.1 Å². The first-order valence-electron chi connectivity index (χ1n) is 10.3. The van der Waals surface area contributed by atoms with Crippen molar-refractivity contribution in [2.45, 2.75) is 71.6 Å². The summed E-state index contributed by atoms with van der Waals surface area (Å²) in [4.78, 5) is 17.4. The molecule has 1 saturated carbocycles. The van der Waals surface area contributed by atoms with E-state index in [0.717, 1.165) is 57.6 Å². The second-order valence-corrected chi connectivity index (χ2v) is 8.18. The zero-order chi connectivity index (χ0) is 18.7. The summed E-state index contributed by atoms with van der Waals surface area (Å²) in [6.45, 7) is 10.3. The lowest BCUT2D eigenvalue weighted by Crippen LogP contribution is -2.55. The van der Waals surface area contributed by atoms with Gasteiger partial charge in [0.25, 0.3) is 5.91 Å². The summed E-state index contributed by atoms with van der Waals surface area (Å²) in [5, 5.41) is 14.9. The van der Waals surface area contributed by atoms with Crippen LogP contribution in [0.3, 0.4) is 0 Å². The monoisotopic (exact) mass is 362 g/mol. The van der Waals surface area contributed by atoms with Crippen molar-refractivity contribution in [2.24, 2.45) is 5.92 Å². The number of aryl methyl sites for hydroxylation is 1. The minimum Gasteiger partial charge on any atom is -0.391 e. The van der Waals surface area contributed by atoms with E-state index in [2.05, 4.69) is 23.8 Å². The lowest BCUT2D eigenvalue weighted by Gasteiger charge is -2.42. The number of hydrogen-bond donors (Lipinski definition) is 1. The van der Waals surface area contributed by atoms with E-state index in [1.165, 1.54) is 6.42 Å². The van der Waals surface area contributed by atoms with Gasteiger partial charge >= 0.3 is 0 Å². The summed E-state index contributed by atoms with van der Waals surface area (Å²) in [5.74, 6) is 0.627. The van der Waals surface area contributed by atoms with Crippen LogP contribution in [0.2, 0.25) is 0 Å². The van der Waals surface area contributed by atoms with Crippen molar-refractivity contribution in [3.8, 4) is 0 Å². The van der Waals surface area contributed by atoms with Crippen molar-refractivity contribution in [1.29, 1.82) is 0 Å². The second kappa shape index (κ2) is 8.53. The van der Waals surface area contributed by atoms with E-state index in [0.29, 0.717) is 18.2 Å². The Morgan fingerprint density at radius 2 is 1.92 bits per heavy atom. The average Bonchev–Trinajstić information content (AvgIpc) is 3.04. The Labute approximate surface area is 157 Å². The van der Waals surface area contributed by atoms with Crippen LogP contribution in [0.25, 0.3) is 0 Å². The predicted molar refractivity (Wildman–Crippen MR) is 102 cm³/mol. The van der Waals surface area contributed by atoms with Gasteiger partial charge in [0.1, 0.15) is 5.69 Å². The number of aliphatic hydroxyl groups is 1. The molecule has 1 aromatic heterocycles. The van der Waals surface area contributed by atoms with Gasteiger partial charge in [0.2, 0.25) is 0 Å². The molecule has 0 aromatic carbocycles. The maximum Gasteiger partial charge on any atom is 0.272 e.